The maximum Gasteiger partial charge on any atom is 0.338 e. The van der Waals surface area contributed by atoms with Crippen molar-refractivity contribution in [3.8, 4) is 40.2 Å². The molecule has 0 saturated carbocycles. The van der Waals surface area contributed by atoms with Gasteiger partial charge in [-0.1, -0.05) is 5.16 Å². The number of carbonyl (C=O) groups is 1. The molecule has 0 bridgehead atoms. The van der Waals surface area contributed by atoms with Gasteiger partial charge in [0.25, 0.3) is 11.8 Å². The first-order chi connectivity index (χ1) is 16.0. The molecule has 0 N–H and O–H groups in total. The van der Waals surface area contributed by atoms with Crippen LogP contribution < -0.4 is 14.2 Å². The van der Waals surface area contributed by atoms with Crippen LogP contribution in [-0.2, 0) is 11.3 Å². The lowest BCUT2D eigenvalue weighted by Crippen LogP contribution is -2.05. The molecule has 4 aromatic rings. The van der Waals surface area contributed by atoms with Crippen LogP contribution in [0.3, 0.4) is 0 Å². The smallest absolute Gasteiger partial charge is 0.338 e. The van der Waals surface area contributed by atoms with Gasteiger partial charge in [-0.3, -0.25) is 0 Å². The molecule has 0 aliphatic rings. The molecular formula is C22H20N4O7. The van der Waals surface area contributed by atoms with Crippen molar-refractivity contribution in [1.29, 1.82) is 0 Å². The Labute approximate surface area is 188 Å². The third-order valence-electron chi connectivity index (χ3n) is 4.60. The molecule has 0 saturated heterocycles. The lowest BCUT2D eigenvalue weighted by Gasteiger charge is -2.12. The zero-order valence-electron chi connectivity index (χ0n) is 18.3. The second-order valence-corrected chi connectivity index (χ2v) is 6.72. The Morgan fingerprint density at radius 2 is 1.61 bits per heavy atom. The van der Waals surface area contributed by atoms with Crippen LogP contribution in [0.2, 0.25) is 0 Å². The quantitative estimate of drug-likeness (QED) is 0.364. The minimum absolute atomic E-state index is 0.130. The fourth-order valence-corrected chi connectivity index (χ4v) is 3.01. The van der Waals surface area contributed by atoms with Crippen molar-refractivity contribution < 1.29 is 32.7 Å². The van der Waals surface area contributed by atoms with Crippen molar-refractivity contribution in [2.45, 2.75) is 13.5 Å². The number of ether oxygens (including phenoxy) is 4. The summed E-state index contributed by atoms with van der Waals surface area (Å²) in [5.74, 6) is 2.02. The van der Waals surface area contributed by atoms with Crippen LogP contribution >= 0.6 is 0 Å². The van der Waals surface area contributed by atoms with Gasteiger partial charge in [0.2, 0.25) is 11.6 Å². The summed E-state index contributed by atoms with van der Waals surface area (Å²) in [4.78, 5) is 16.5. The van der Waals surface area contributed by atoms with Gasteiger partial charge in [-0.25, -0.2) is 4.79 Å². The van der Waals surface area contributed by atoms with Crippen molar-refractivity contribution in [2.75, 3.05) is 21.3 Å². The lowest BCUT2D eigenvalue weighted by atomic mass is 10.1. The number of hydrogen-bond donors (Lipinski definition) is 0. The summed E-state index contributed by atoms with van der Waals surface area (Å²) in [6.45, 7) is 1.53. The van der Waals surface area contributed by atoms with Crippen LogP contribution in [0, 0.1) is 6.92 Å². The van der Waals surface area contributed by atoms with Crippen LogP contribution in [0.25, 0.3) is 22.9 Å². The van der Waals surface area contributed by atoms with E-state index in [9.17, 15) is 4.79 Å². The predicted molar refractivity (Wildman–Crippen MR) is 113 cm³/mol. The topological polar surface area (TPSA) is 132 Å². The monoisotopic (exact) mass is 452 g/mol. The summed E-state index contributed by atoms with van der Waals surface area (Å²) < 4.78 is 32.0. The summed E-state index contributed by atoms with van der Waals surface area (Å²) >= 11 is 0. The van der Waals surface area contributed by atoms with E-state index in [1.807, 2.05) is 0 Å². The number of esters is 1. The van der Waals surface area contributed by atoms with Gasteiger partial charge in [0.15, 0.2) is 23.9 Å². The van der Waals surface area contributed by atoms with E-state index in [0.717, 1.165) is 0 Å². The number of hydrogen-bond acceptors (Lipinski definition) is 11. The fourth-order valence-electron chi connectivity index (χ4n) is 3.01. The highest BCUT2D eigenvalue weighted by Gasteiger charge is 2.18. The van der Waals surface area contributed by atoms with Crippen LogP contribution in [-0.4, -0.2) is 47.6 Å². The van der Waals surface area contributed by atoms with Crippen LogP contribution in [0.5, 0.6) is 17.2 Å². The van der Waals surface area contributed by atoms with Crippen molar-refractivity contribution in [3.05, 3.63) is 53.7 Å². The Hall–Kier alpha value is -4.41. The number of nitrogens with zero attached hydrogens (tertiary/aromatic N) is 4. The first kappa shape index (κ1) is 21.8. The normalized spacial score (nSPS) is 10.7. The van der Waals surface area contributed by atoms with Crippen LogP contribution in [0.15, 0.2) is 45.3 Å². The second-order valence-electron chi connectivity index (χ2n) is 6.72. The van der Waals surface area contributed by atoms with Crippen molar-refractivity contribution in [1.82, 2.24) is 20.3 Å². The molecule has 2 heterocycles. The lowest BCUT2D eigenvalue weighted by molar-refractivity contribution is 0.0438. The standard InChI is InChI=1S/C22H20N4O7/c1-12-23-20(33-26-12)13-5-7-14(8-6-13)22(27)31-11-18-24-25-21(32-18)15-9-16(28-2)19(30-4)17(10-15)29-3/h5-10H,11H2,1-4H3. The summed E-state index contributed by atoms with van der Waals surface area (Å²) in [5.41, 5.74) is 1.60. The van der Waals surface area contributed by atoms with E-state index in [-0.39, 0.29) is 18.4 Å². The van der Waals surface area contributed by atoms with Crippen molar-refractivity contribution >= 4 is 5.97 Å². The molecule has 2 aromatic carbocycles. The van der Waals surface area contributed by atoms with Crippen molar-refractivity contribution in [2.24, 2.45) is 0 Å². The first-order valence-corrected chi connectivity index (χ1v) is 9.73. The average Bonchev–Trinajstić information content (AvgIpc) is 3.50. The Bertz CT molecular complexity index is 1240. The molecular weight excluding hydrogens is 432 g/mol. The van der Waals surface area contributed by atoms with Crippen LogP contribution in [0.4, 0.5) is 0 Å². The van der Waals surface area contributed by atoms with E-state index in [2.05, 4.69) is 20.3 Å². The first-order valence-electron chi connectivity index (χ1n) is 9.73. The van der Waals surface area contributed by atoms with E-state index in [0.29, 0.717) is 45.7 Å². The van der Waals surface area contributed by atoms with Gasteiger partial charge in [0.1, 0.15) is 0 Å². The van der Waals surface area contributed by atoms with Gasteiger partial charge >= 0.3 is 5.97 Å². The Balaban J connectivity index is 1.43. The summed E-state index contributed by atoms with van der Waals surface area (Å²) in [5, 5.41) is 11.7. The van der Waals surface area contributed by atoms with Gasteiger partial charge in [-0.15, -0.1) is 10.2 Å². The number of benzene rings is 2. The molecule has 11 nitrogen and oxygen atoms in total. The third-order valence-corrected chi connectivity index (χ3v) is 4.60. The average molecular weight is 452 g/mol. The van der Waals surface area contributed by atoms with E-state index < -0.39 is 5.97 Å². The summed E-state index contributed by atoms with van der Waals surface area (Å²) in [7, 11) is 4.53. The maximum absolute atomic E-state index is 12.4. The molecule has 33 heavy (non-hydrogen) atoms. The van der Waals surface area contributed by atoms with E-state index in [1.165, 1.54) is 21.3 Å². The maximum atomic E-state index is 12.4. The molecule has 170 valence electrons. The number of aryl methyl sites for hydroxylation is 1. The van der Waals surface area contributed by atoms with Crippen molar-refractivity contribution in [3.63, 3.8) is 0 Å². The SMILES string of the molecule is COc1cc(-c2nnc(COC(=O)c3ccc(-c4nc(C)no4)cc3)o2)cc(OC)c1OC. The number of methoxy groups -OCH3 is 3. The molecule has 0 spiro atoms. The highest BCUT2D eigenvalue weighted by Crippen LogP contribution is 2.40. The molecule has 4 rings (SSSR count). The number of rotatable bonds is 8. The van der Waals surface area contributed by atoms with E-state index in [4.69, 9.17) is 27.9 Å². The minimum atomic E-state index is -0.546. The fraction of sp³-hybridized carbons (Fsp3) is 0.227. The van der Waals surface area contributed by atoms with Crippen LogP contribution in [0.1, 0.15) is 22.1 Å². The summed E-state index contributed by atoms with van der Waals surface area (Å²) in [6, 6.07) is 9.95. The highest BCUT2D eigenvalue weighted by atomic mass is 16.5. The van der Waals surface area contributed by atoms with Gasteiger partial charge in [0, 0.05) is 11.1 Å². The number of carbonyl (C=O) groups excluding carboxylic acids is 1. The predicted octanol–water partition coefficient (Wildman–Crippen LogP) is 3.48. The Kier molecular flexibility index (Phi) is 6.20. The minimum Gasteiger partial charge on any atom is -0.493 e. The molecule has 0 aliphatic heterocycles. The largest absolute Gasteiger partial charge is 0.493 e. The molecule has 0 atom stereocenters. The van der Waals surface area contributed by atoms with Gasteiger partial charge in [-0.05, 0) is 43.3 Å². The van der Waals surface area contributed by atoms with E-state index in [1.54, 1.807) is 43.3 Å². The molecule has 0 radical (unpaired) electrons. The molecule has 0 aliphatic carbocycles. The Morgan fingerprint density at radius 1 is 0.909 bits per heavy atom. The molecule has 2 aromatic heterocycles. The highest BCUT2D eigenvalue weighted by molar-refractivity contribution is 5.89. The number of aromatic nitrogens is 4. The molecule has 11 heteroatoms. The van der Waals surface area contributed by atoms with Gasteiger partial charge < -0.3 is 27.9 Å². The second kappa shape index (κ2) is 9.39. The third kappa shape index (κ3) is 4.61. The zero-order chi connectivity index (χ0) is 23.4. The summed E-state index contributed by atoms with van der Waals surface area (Å²) in [6.07, 6.45) is 0. The van der Waals surface area contributed by atoms with Gasteiger partial charge in [0.05, 0.1) is 26.9 Å². The van der Waals surface area contributed by atoms with E-state index >= 15 is 0 Å². The molecule has 0 amide bonds. The zero-order valence-corrected chi connectivity index (χ0v) is 18.3. The Morgan fingerprint density at radius 3 is 2.18 bits per heavy atom. The van der Waals surface area contributed by atoms with Gasteiger partial charge in [-0.2, -0.15) is 4.98 Å². The molecule has 0 unspecified atom stereocenters. The molecule has 0 fully saturated rings.